The van der Waals surface area contributed by atoms with Crippen LogP contribution in [0.25, 0.3) is 0 Å². The molecule has 0 radical (unpaired) electrons. The Morgan fingerprint density at radius 2 is 2.19 bits per heavy atom. The largest absolute Gasteiger partial charge is 0.487 e. The molecule has 0 aliphatic rings. The summed E-state index contributed by atoms with van der Waals surface area (Å²) in [5.74, 6) is -0.807. The van der Waals surface area contributed by atoms with Gasteiger partial charge in [0.25, 0.3) is 0 Å². The number of pyridine rings is 1. The van der Waals surface area contributed by atoms with Crippen LogP contribution in [0.15, 0.2) is 36.5 Å². The third kappa shape index (κ3) is 3.54. The number of rotatable bonds is 4. The lowest BCUT2D eigenvalue weighted by atomic mass is 10.2. The molecule has 1 heterocycles. The molecule has 1 aromatic heterocycles. The normalized spacial score (nSPS) is 9.76. The summed E-state index contributed by atoms with van der Waals surface area (Å²) in [6, 6.07) is 8.91. The van der Waals surface area contributed by atoms with E-state index >= 15 is 0 Å². The van der Waals surface area contributed by atoms with Crippen molar-refractivity contribution < 1.29 is 18.7 Å². The lowest BCUT2D eigenvalue weighted by Gasteiger charge is -2.06. The molecule has 0 fully saturated rings. The maximum Gasteiger partial charge on any atom is 0.339 e. The number of nitrogens with zero attached hydrogens (tertiary/aromatic N) is 2. The molecule has 0 atom stereocenters. The van der Waals surface area contributed by atoms with E-state index in [0.29, 0.717) is 17.0 Å². The summed E-state index contributed by atoms with van der Waals surface area (Å²) in [4.78, 5) is 15.3. The highest BCUT2D eigenvalue weighted by Crippen LogP contribution is 2.17. The minimum atomic E-state index is -0.635. The first-order chi connectivity index (χ1) is 10.1. The van der Waals surface area contributed by atoms with Crippen molar-refractivity contribution in [3.8, 4) is 11.8 Å². The zero-order valence-electron chi connectivity index (χ0n) is 11.2. The van der Waals surface area contributed by atoms with E-state index in [9.17, 15) is 9.18 Å². The molecule has 2 aromatic rings. The number of aromatic nitrogens is 1. The molecule has 0 unspecified atom stereocenters. The molecule has 6 heteroatoms. The van der Waals surface area contributed by atoms with Gasteiger partial charge in [0.15, 0.2) is 0 Å². The molecule has 5 nitrogen and oxygen atoms in total. The van der Waals surface area contributed by atoms with Crippen molar-refractivity contribution in [3.05, 3.63) is 59.2 Å². The first kappa shape index (κ1) is 14.5. The lowest BCUT2D eigenvalue weighted by Crippen LogP contribution is -2.04. The number of benzene rings is 1. The monoisotopic (exact) mass is 286 g/mol. The summed E-state index contributed by atoms with van der Waals surface area (Å²) in [5, 5.41) is 8.63. The van der Waals surface area contributed by atoms with Crippen LogP contribution in [0.1, 0.15) is 21.6 Å². The van der Waals surface area contributed by atoms with Gasteiger partial charge in [0, 0.05) is 12.3 Å². The summed E-state index contributed by atoms with van der Waals surface area (Å²) in [7, 11) is 1.29. The van der Waals surface area contributed by atoms with Crippen LogP contribution in [0.4, 0.5) is 4.39 Å². The van der Waals surface area contributed by atoms with E-state index in [4.69, 9.17) is 10.00 Å². The van der Waals surface area contributed by atoms with Crippen molar-refractivity contribution >= 4 is 5.97 Å². The predicted molar refractivity (Wildman–Crippen MR) is 71.0 cm³/mol. The number of hydrogen-bond donors (Lipinski definition) is 0. The quantitative estimate of drug-likeness (QED) is 0.807. The van der Waals surface area contributed by atoms with Gasteiger partial charge in [-0.05, 0) is 24.3 Å². The van der Waals surface area contributed by atoms with Crippen molar-refractivity contribution in [2.45, 2.75) is 6.61 Å². The highest BCUT2D eigenvalue weighted by molar-refractivity contribution is 5.88. The Hall–Kier alpha value is -2.94. The number of hydrogen-bond acceptors (Lipinski definition) is 5. The van der Waals surface area contributed by atoms with Crippen LogP contribution < -0.4 is 4.74 Å². The standard InChI is InChI=1S/C15H11FN2O3/c1-20-15(19)11-2-4-12(18-8-11)9-21-13-5-3-10(7-17)14(16)6-13/h2-6,8H,9H2,1H3. The van der Waals surface area contributed by atoms with Gasteiger partial charge in [-0.3, -0.25) is 4.98 Å². The van der Waals surface area contributed by atoms with Crippen LogP contribution in [0.3, 0.4) is 0 Å². The minimum Gasteiger partial charge on any atom is -0.487 e. The first-order valence-corrected chi connectivity index (χ1v) is 5.99. The fourth-order valence-electron chi connectivity index (χ4n) is 1.58. The Balaban J connectivity index is 2.01. The van der Waals surface area contributed by atoms with Crippen LogP contribution in [0, 0.1) is 17.1 Å². The number of nitriles is 1. The van der Waals surface area contributed by atoms with Crippen LogP contribution in [0.5, 0.6) is 5.75 Å². The maximum atomic E-state index is 13.4. The Kier molecular flexibility index (Phi) is 4.46. The van der Waals surface area contributed by atoms with Gasteiger partial charge in [-0.25, -0.2) is 9.18 Å². The molecule has 21 heavy (non-hydrogen) atoms. The van der Waals surface area contributed by atoms with Crippen molar-refractivity contribution in [1.29, 1.82) is 5.26 Å². The first-order valence-electron chi connectivity index (χ1n) is 5.99. The summed E-state index contributed by atoms with van der Waals surface area (Å²) < 4.78 is 23.3. The molecular formula is C15H11FN2O3. The Morgan fingerprint density at radius 1 is 1.38 bits per heavy atom. The zero-order chi connectivity index (χ0) is 15.2. The number of carbonyl (C=O) groups excluding carboxylic acids is 1. The molecule has 0 N–H and O–H groups in total. The Bertz CT molecular complexity index is 693. The molecule has 0 saturated carbocycles. The summed E-state index contributed by atoms with van der Waals surface area (Å²) in [6.07, 6.45) is 1.38. The van der Waals surface area contributed by atoms with Crippen molar-refractivity contribution in [2.75, 3.05) is 7.11 Å². The summed E-state index contributed by atoms with van der Waals surface area (Å²) >= 11 is 0. The SMILES string of the molecule is COC(=O)c1ccc(COc2ccc(C#N)c(F)c2)nc1. The second-order valence-electron chi connectivity index (χ2n) is 4.07. The van der Waals surface area contributed by atoms with E-state index in [1.165, 1.54) is 25.4 Å². The smallest absolute Gasteiger partial charge is 0.339 e. The molecular weight excluding hydrogens is 275 g/mol. The molecule has 106 valence electrons. The van der Waals surface area contributed by atoms with E-state index in [-0.39, 0.29) is 12.2 Å². The van der Waals surface area contributed by atoms with Gasteiger partial charge >= 0.3 is 5.97 Å². The molecule has 0 bridgehead atoms. The number of esters is 1. The van der Waals surface area contributed by atoms with Crippen molar-refractivity contribution in [1.82, 2.24) is 4.98 Å². The van der Waals surface area contributed by atoms with E-state index in [0.717, 1.165) is 6.07 Å². The zero-order valence-corrected chi connectivity index (χ0v) is 11.2. The van der Waals surface area contributed by atoms with E-state index < -0.39 is 11.8 Å². The van der Waals surface area contributed by atoms with Crippen LogP contribution >= 0.6 is 0 Å². The van der Waals surface area contributed by atoms with Gasteiger partial charge in [0.1, 0.15) is 24.2 Å². The van der Waals surface area contributed by atoms with Gasteiger partial charge in [0.2, 0.25) is 0 Å². The fraction of sp³-hybridized carbons (Fsp3) is 0.133. The van der Waals surface area contributed by atoms with Crippen LogP contribution in [0.2, 0.25) is 0 Å². The third-order valence-corrected chi connectivity index (χ3v) is 2.69. The van der Waals surface area contributed by atoms with Crippen molar-refractivity contribution in [2.24, 2.45) is 0 Å². The minimum absolute atomic E-state index is 0.0390. The lowest BCUT2D eigenvalue weighted by molar-refractivity contribution is 0.0600. The molecule has 0 amide bonds. The summed E-state index contributed by atoms with van der Waals surface area (Å²) in [5.41, 5.74) is 0.876. The van der Waals surface area contributed by atoms with E-state index in [1.54, 1.807) is 18.2 Å². The molecule has 1 aromatic carbocycles. The van der Waals surface area contributed by atoms with Crippen molar-refractivity contribution in [3.63, 3.8) is 0 Å². The van der Waals surface area contributed by atoms with Gasteiger partial charge in [-0.1, -0.05) is 0 Å². The van der Waals surface area contributed by atoms with Crippen LogP contribution in [-0.2, 0) is 11.3 Å². The average Bonchev–Trinajstić information content (AvgIpc) is 2.52. The maximum absolute atomic E-state index is 13.4. The Labute approximate surface area is 120 Å². The average molecular weight is 286 g/mol. The predicted octanol–water partition coefficient (Wildman–Crippen LogP) is 2.46. The number of halogens is 1. The fourth-order valence-corrected chi connectivity index (χ4v) is 1.58. The van der Waals surface area contributed by atoms with Gasteiger partial charge in [0.05, 0.1) is 23.9 Å². The summed E-state index contributed by atoms with van der Waals surface area (Å²) in [6.45, 7) is 0.118. The number of carbonyl (C=O) groups is 1. The van der Waals surface area contributed by atoms with E-state index in [1.807, 2.05) is 0 Å². The number of ether oxygens (including phenoxy) is 2. The molecule has 0 spiro atoms. The third-order valence-electron chi connectivity index (χ3n) is 2.69. The molecule has 0 aliphatic carbocycles. The van der Waals surface area contributed by atoms with Crippen LogP contribution in [-0.4, -0.2) is 18.1 Å². The Morgan fingerprint density at radius 3 is 2.76 bits per heavy atom. The van der Waals surface area contributed by atoms with Gasteiger partial charge < -0.3 is 9.47 Å². The second kappa shape index (κ2) is 6.48. The molecule has 0 aliphatic heterocycles. The molecule has 2 rings (SSSR count). The highest BCUT2D eigenvalue weighted by atomic mass is 19.1. The molecule has 0 saturated heterocycles. The highest BCUT2D eigenvalue weighted by Gasteiger charge is 2.07. The second-order valence-corrected chi connectivity index (χ2v) is 4.07. The topological polar surface area (TPSA) is 72.2 Å². The van der Waals surface area contributed by atoms with Gasteiger partial charge in [-0.15, -0.1) is 0 Å². The van der Waals surface area contributed by atoms with Gasteiger partial charge in [-0.2, -0.15) is 5.26 Å². The van der Waals surface area contributed by atoms with E-state index in [2.05, 4.69) is 9.72 Å². The number of methoxy groups -OCH3 is 1.